The number of aliphatic carboxylic acids is 1. The Balaban J connectivity index is 1.93. The van der Waals surface area contributed by atoms with Crippen LogP contribution in [0.15, 0.2) is 60.7 Å². The highest BCUT2D eigenvalue weighted by Gasteiger charge is 2.22. The van der Waals surface area contributed by atoms with Gasteiger partial charge < -0.3 is 9.84 Å². The van der Waals surface area contributed by atoms with E-state index < -0.39 is 12.1 Å². The summed E-state index contributed by atoms with van der Waals surface area (Å²) in [4.78, 5) is 11.7. The third kappa shape index (κ3) is 3.25. The van der Waals surface area contributed by atoms with E-state index in [0.717, 1.165) is 27.5 Å². The predicted molar refractivity (Wildman–Crippen MR) is 95.6 cm³/mol. The molecule has 0 aliphatic heterocycles. The molecule has 3 aromatic rings. The third-order valence-corrected chi connectivity index (χ3v) is 4.33. The summed E-state index contributed by atoms with van der Waals surface area (Å²) in [6, 6.07) is 19.5. The van der Waals surface area contributed by atoms with Crippen LogP contribution in [0.5, 0.6) is 5.75 Å². The molecule has 0 saturated heterocycles. The Morgan fingerprint density at radius 1 is 0.958 bits per heavy atom. The zero-order valence-electron chi connectivity index (χ0n) is 13.8. The van der Waals surface area contributed by atoms with Gasteiger partial charge in [0, 0.05) is 11.8 Å². The standard InChI is InChI=1S/C21H20O3/c1-14-7-5-8-15(2)18(14)13-20(21(22)23)24-19-12-6-10-16-9-3-4-11-17(16)19/h3-12,20H,13H2,1-2H3,(H,22,23). The third-order valence-electron chi connectivity index (χ3n) is 4.33. The van der Waals surface area contributed by atoms with Gasteiger partial charge in [-0.25, -0.2) is 4.79 Å². The molecule has 0 bridgehead atoms. The molecule has 3 nitrogen and oxygen atoms in total. The summed E-state index contributed by atoms with van der Waals surface area (Å²) < 4.78 is 5.90. The fourth-order valence-electron chi connectivity index (χ4n) is 2.99. The number of carbonyl (C=O) groups is 1. The van der Waals surface area contributed by atoms with Crippen molar-refractivity contribution in [3.8, 4) is 5.75 Å². The summed E-state index contributed by atoms with van der Waals surface area (Å²) >= 11 is 0. The lowest BCUT2D eigenvalue weighted by Gasteiger charge is -2.19. The second kappa shape index (κ2) is 6.75. The molecule has 24 heavy (non-hydrogen) atoms. The van der Waals surface area contributed by atoms with Crippen LogP contribution < -0.4 is 4.74 Å². The van der Waals surface area contributed by atoms with Crippen LogP contribution >= 0.6 is 0 Å². The number of rotatable bonds is 5. The molecule has 0 radical (unpaired) electrons. The van der Waals surface area contributed by atoms with Crippen molar-refractivity contribution in [1.29, 1.82) is 0 Å². The molecule has 1 atom stereocenters. The summed E-state index contributed by atoms with van der Waals surface area (Å²) in [7, 11) is 0. The fourth-order valence-corrected chi connectivity index (χ4v) is 2.99. The molecule has 0 saturated carbocycles. The molecular weight excluding hydrogens is 300 g/mol. The number of aryl methyl sites for hydroxylation is 2. The number of benzene rings is 3. The van der Waals surface area contributed by atoms with E-state index in [-0.39, 0.29) is 0 Å². The Morgan fingerprint density at radius 3 is 2.29 bits per heavy atom. The summed E-state index contributed by atoms with van der Waals surface area (Å²) in [6.45, 7) is 4.00. The zero-order valence-corrected chi connectivity index (χ0v) is 13.8. The van der Waals surface area contributed by atoms with Gasteiger partial charge in [-0.15, -0.1) is 0 Å². The van der Waals surface area contributed by atoms with Gasteiger partial charge in [0.1, 0.15) is 5.75 Å². The highest BCUT2D eigenvalue weighted by atomic mass is 16.5. The van der Waals surface area contributed by atoms with E-state index in [0.29, 0.717) is 12.2 Å². The van der Waals surface area contributed by atoms with Gasteiger partial charge in [-0.2, -0.15) is 0 Å². The average molecular weight is 320 g/mol. The van der Waals surface area contributed by atoms with Gasteiger partial charge >= 0.3 is 5.97 Å². The smallest absolute Gasteiger partial charge is 0.345 e. The molecule has 0 heterocycles. The van der Waals surface area contributed by atoms with Crippen molar-refractivity contribution in [1.82, 2.24) is 0 Å². The molecule has 3 aromatic carbocycles. The second-order valence-corrected chi connectivity index (χ2v) is 6.00. The molecule has 122 valence electrons. The molecule has 0 spiro atoms. The van der Waals surface area contributed by atoms with E-state index in [2.05, 4.69) is 0 Å². The SMILES string of the molecule is Cc1cccc(C)c1CC(Oc1cccc2ccccc12)C(=O)O. The lowest BCUT2D eigenvalue weighted by Crippen LogP contribution is -2.30. The molecule has 0 aromatic heterocycles. The number of hydrogen-bond acceptors (Lipinski definition) is 2. The minimum Gasteiger partial charge on any atom is -0.478 e. The van der Waals surface area contributed by atoms with Gasteiger partial charge in [0.05, 0.1) is 0 Å². The van der Waals surface area contributed by atoms with E-state index in [1.54, 1.807) is 0 Å². The van der Waals surface area contributed by atoms with Gasteiger partial charge in [0.25, 0.3) is 0 Å². The maximum atomic E-state index is 11.7. The van der Waals surface area contributed by atoms with Gasteiger partial charge in [0.2, 0.25) is 0 Å². The number of carboxylic acid groups (broad SMARTS) is 1. The largest absolute Gasteiger partial charge is 0.478 e. The van der Waals surface area contributed by atoms with Gasteiger partial charge in [-0.05, 0) is 42.0 Å². The van der Waals surface area contributed by atoms with E-state index in [1.807, 2.05) is 74.5 Å². The first-order chi connectivity index (χ1) is 11.6. The van der Waals surface area contributed by atoms with Crippen molar-refractivity contribution in [2.24, 2.45) is 0 Å². The quantitative estimate of drug-likeness (QED) is 0.751. The first-order valence-corrected chi connectivity index (χ1v) is 7.98. The highest BCUT2D eigenvalue weighted by Crippen LogP contribution is 2.27. The van der Waals surface area contributed by atoms with E-state index >= 15 is 0 Å². The molecular formula is C21H20O3. The Morgan fingerprint density at radius 2 is 1.58 bits per heavy atom. The Labute approximate surface area is 141 Å². The molecule has 3 rings (SSSR count). The van der Waals surface area contributed by atoms with E-state index in [9.17, 15) is 9.90 Å². The van der Waals surface area contributed by atoms with Crippen LogP contribution in [0.4, 0.5) is 0 Å². The van der Waals surface area contributed by atoms with Crippen LogP contribution in [0.3, 0.4) is 0 Å². The Hall–Kier alpha value is -2.81. The lowest BCUT2D eigenvalue weighted by molar-refractivity contribution is -0.144. The first kappa shape index (κ1) is 16.1. The minimum absolute atomic E-state index is 0.344. The first-order valence-electron chi connectivity index (χ1n) is 7.98. The maximum absolute atomic E-state index is 11.7. The monoisotopic (exact) mass is 320 g/mol. The summed E-state index contributed by atoms with van der Waals surface area (Å²) in [5, 5.41) is 11.6. The van der Waals surface area contributed by atoms with E-state index in [4.69, 9.17) is 4.74 Å². The number of carboxylic acids is 1. The zero-order chi connectivity index (χ0) is 17.1. The van der Waals surface area contributed by atoms with Crippen LogP contribution in [0.25, 0.3) is 10.8 Å². The minimum atomic E-state index is -0.953. The lowest BCUT2D eigenvalue weighted by atomic mass is 9.97. The number of fused-ring (bicyclic) bond motifs is 1. The molecule has 0 aliphatic carbocycles. The van der Waals surface area contributed by atoms with Crippen molar-refractivity contribution in [3.05, 3.63) is 77.4 Å². The maximum Gasteiger partial charge on any atom is 0.345 e. The molecule has 3 heteroatoms. The summed E-state index contributed by atoms with van der Waals surface area (Å²) in [5.41, 5.74) is 3.20. The van der Waals surface area contributed by atoms with Crippen LogP contribution in [0, 0.1) is 13.8 Å². The van der Waals surface area contributed by atoms with Gasteiger partial charge in [-0.1, -0.05) is 54.6 Å². The van der Waals surface area contributed by atoms with E-state index in [1.165, 1.54) is 0 Å². The van der Waals surface area contributed by atoms with Crippen LogP contribution in [0.1, 0.15) is 16.7 Å². The summed E-state index contributed by atoms with van der Waals surface area (Å²) in [6.07, 6.45) is -0.576. The van der Waals surface area contributed by atoms with Crippen molar-refractivity contribution < 1.29 is 14.6 Å². The molecule has 1 unspecified atom stereocenters. The van der Waals surface area contributed by atoms with Gasteiger partial charge in [-0.3, -0.25) is 0 Å². The fraction of sp³-hybridized carbons (Fsp3) is 0.190. The number of hydrogen-bond donors (Lipinski definition) is 1. The topological polar surface area (TPSA) is 46.5 Å². The van der Waals surface area contributed by atoms with Crippen molar-refractivity contribution >= 4 is 16.7 Å². The molecule has 0 fully saturated rings. The van der Waals surface area contributed by atoms with Crippen LogP contribution in [-0.2, 0) is 11.2 Å². The Bertz CT molecular complexity index is 858. The van der Waals surface area contributed by atoms with Crippen molar-refractivity contribution in [3.63, 3.8) is 0 Å². The van der Waals surface area contributed by atoms with Crippen LogP contribution in [0.2, 0.25) is 0 Å². The molecule has 0 aliphatic rings. The Kier molecular flexibility index (Phi) is 4.52. The number of ether oxygens (including phenoxy) is 1. The van der Waals surface area contributed by atoms with Gasteiger partial charge in [0.15, 0.2) is 6.10 Å². The average Bonchev–Trinajstić information content (AvgIpc) is 2.57. The molecule has 1 N–H and O–H groups in total. The predicted octanol–water partition coefficient (Wildman–Crippen LogP) is 4.53. The van der Waals surface area contributed by atoms with Crippen LogP contribution in [-0.4, -0.2) is 17.2 Å². The normalized spacial score (nSPS) is 12.1. The van der Waals surface area contributed by atoms with Crippen molar-refractivity contribution in [2.75, 3.05) is 0 Å². The highest BCUT2D eigenvalue weighted by molar-refractivity contribution is 5.88. The van der Waals surface area contributed by atoms with Crippen molar-refractivity contribution in [2.45, 2.75) is 26.4 Å². The molecule has 0 amide bonds. The summed E-state index contributed by atoms with van der Waals surface area (Å²) in [5.74, 6) is -0.350. The second-order valence-electron chi connectivity index (χ2n) is 6.00.